The van der Waals surface area contributed by atoms with Gasteiger partial charge >= 0.3 is 0 Å². The van der Waals surface area contributed by atoms with Crippen molar-refractivity contribution < 1.29 is 14.4 Å². The first-order valence-corrected chi connectivity index (χ1v) is 7.99. The highest BCUT2D eigenvalue weighted by atomic mass is 16.5. The molecule has 0 saturated carbocycles. The molecule has 0 heterocycles. The molecule has 0 radical (unpaired) electrons. The molecule has 0 amide bonds. The van der Waals surface area contributed by atoms with Crippen molar-refractivity contribution in [2.45, 2.75) is 19.9 Å². The van der Waals surface area contributed by atoms with E-state index in [4.69, 9.17) is 9.47 Å². The Bertz CT molecular complexity index is 542. The number of hydrogen-bond donors (Lipinski definition) is 1. The van der Waals surface area contributed by atoms with Crippen LogP contribution in [-0.4, -0.2) is 26.8 Å². The predicted molar refractivity (Wildman–Crippen MR) is 89.6 cm³/mol. The SMILES string of the molecule is CCOc1cccc(OCCC[NH+](C)Cc2ccccc2)c1. The van der Waals surface area contributed by atoms with E-state index in [9.17, 15) is 0 Å². The molecule has 0 aliphatic heterocycles. The molecular formula is C19H26NO2+. The van der Waals surface area contributed by atoms with E-state index in [1.807, 2.05) is 31.2 Å². The minimum absolute atomic E-state index is 0.678. The zero-order chi connectivity index (χ0) is 15.6. The topological polar surface area (TPSA) is 22.9 Å². The van der Waals surface area contributed by atoms with Crippen LogP contribution >= 0.6 is 0 Å². The Morgan fingerprint density at radius 1 is 0.909 bits per heavy atom. The summed E-state index contributed by atoms with van der Waals surface area (Å²) < 4.78 is 11.3. The molecule has 1 unspecified atom stereocenters. The van der Waals surface area contributed by atoms with Crippen LogP contribution in [0.2, 0.25) is 0 Å². The molecular weight excluding hydrogens is 274 g/mol. The van der Waals surface area contributed by atoms with Gasteiger partial charge in [0.25, 0.3) is 0 Å². The van der Waals surface area contributed by atoms with Gasteiger partial charge in [-0.25, -0.2) is 0 Å². The Hall–Kier alpha value is -2.00. The maximum Gasteiger partial charge on any atom is 0.122 e. The normalized spacial score (nSPS) is 11.9. The second-order valence-corrected chi connectivity index (χ2v) is 5.48. The summed E-state index contributed by atoms with van der Waals surface area (Å²) in [6.45, 7) is 5.55. The zero-order valence-corrected chi connectivity index (χ0v) is 13.5. The van der Waals surface area contributed by atoms with Crippen molar-refractivity contribution >= 4 is 0 Å². The summed E-state index contributed by atoms with van der Waals surface area (Å²) in [6.07, 6.45) is 1.04. The molecule has 0 aromatic heterocycles. The fraction of sp³-hybridized carbons (Fsp3) is 0.368. The lowest BCUT2D eigenvalue weighted by atomic mass is 10.2. The summed E-state index contributed by atoms with van der Waals surface area (Å²) in [7, 11) is 2.22. The van der Waals surface area contributed by atoms with Gasteiger partial charge < -0.3 is 14.4 Å². The van der Waals surface area contributed by atoms with Crippen LogP contribution in [0.5, 0.6) is 11.5 Å². The van der Waals surface area contributed by atoms with Crippen molar-refractivity contribution in [1.82, 2.24) is 0 Å². The van der Waals surface area contributed by atoms with Crippen LogP contribution in [-0.2, 0) is 6.54 Å². The van der Waals surface area contributed by atoms with Crippen LogP contribution < -0.4 is 14.4 Å². The molecule has 0 fully saturated rings. The van der Waals surface area contributed by atoms with Gasteiger partial charge in [-0.05, 0) is 19.1 Å². The standard InChI is InChI=1S/C19H25NO2/c1-3-21-18-11-7-12-19(15-18)22-14-8-13-20(2)16-17-9-5-4-6-10-17/h4-7,9-12,15H,3,8,13-14,16H2,1-2H3/p+1. The predicted octanol–water partition coefficient (Wildman–Crippen LogP) is 2.57. The number of quaternary nitrogens is 1. The molecule has 118 valence electrons. The van der Waals surface area contributed by atoms with Gasteiger partial charge in [0.15, 0.2) is 0 Å². The van der Waals surface area contributed by atoms with Gasteiger partial charge in [-0.2, -0.15) is 0 Å². The van der Waals surface area contributed by atoms with Gasteiger partial charge in [-0.15, -0.1) is 0 Å². The molecule has 0 bridgehead atoms. The van der Waals surface area contributed by atoms with Gasteiger partial charge in [-0.1, -0.05) is 36.4 Å². The minimum atomic E-state index is 0.678. The lowest BCUT2D eigenvalue weighted by molar-refractivity contribution is -0.894. The molecule has 3 heteroatoms. The largest absolute Gasteiger partial charge is 0.494 e. The average molecular weight is 300 g/mol. The van der Waals surface area contributed by atoms with Gasteiger partial charge in [0.2, 0.25) is 0 Å². The third-order valence-corrected chi connectivity index (χ3v) is 3.48. The van der Waals surface area contributed by atoms with Crippen molar-refractivity contribution in [3.8, 4) is 11.5 Å². The second-order valence-electron chi connectivity index (χ2n) is 5.48. The Morgan fingerprint density at radius 3 is 2.36 bits per heavy atom. The minimum Gasteiger partial charge on any atom is -0.494 e. The summed E-state index contributed by atoms with van der Waals surface area (Å²) in [5.41, 5.74) is 1.38. The number of hydrogen-bond acceptors (Lipinski definition) is 2. The number of ether oxygens (including phenoxy) is 2. The number of rotatable bonds is 9. The van der Waals surface area contributed by atoms with Gasteiger partial charge in [-0.3, -0.25) is 0 Å². The smallest absolute Gasteiger partial charge is 0.122 e. The quantitative estimate of drug-likeness (QED) is 0.719. The summed E-state index contributed by atoms with van der Waals surface area (Å²) in [5, 5.41) is 0. The summed E-state index contributed by atoms with van der Waals surface area (Å²) in [6, 6.07) is 18.4. The van der Waals surface area contributed by atoms with E-state index in [1.54, 1.807) is 0 Å². The fourth-order valence-corrected chi connectivity index (χ4v) is 2.42. The molecule has 1 N–H and O–H groups in total. The Kier molecular flexibility index (Phi) is 6.78. The maximum absolute atomic E-state index is 5.80. The molecule has 2 aromatic rings. The summed E-state index contributed by atoms with van der Waals surface area (Å²) >= 11 is 0. The first-order valence-electron chi connectivity index (χ1n) is 7.99. The highest BCUT2D eigenvalue weighted by molar-refractivity contribution is 5.32. The van der Waals surface area contributed by atoms with Gasteiger partial charge in [0, 0.05) is 18.1 Å². The van der Waals surface area contributed by atoms with Crippen molar-refractivity contribution in [3.63, 3.8) is 0 Å². The van der Waals surface area contributed by atoms with E-state index in [0.717, 1.165) is 37.6 Å². The molecule has 2 rings (SSSR count). The molecule has 0 aliphatic rings. The van der Waals surface area contributed by atoms with Crippen LogP contribution in [0.3, 0.4) is 0 Å². The van der Waals surface area contributed by atoms with Crippen molar-refractivity contribution in [2.24, 2.45) is 0 Å². The molecule has 2 aromatic carbocycles. The fourth-order valence-electron chi connectivity index (χ4n) is 2.42. The van der Waals surface area contributed by atoms with Crippen LogP contribution in [0.4, 0.5) is 0 Å². The average Bonchev–Trinajstić information content (AvgIpc) is 2.53. The lowest BCUT2D eigenvalue weighted by Crippen LogP contribution is -3.07. The van der Waals surface area contributed by atoms with Crippen LogP contribution in [0.1, 0.15) is 18.9 Å². The lowest BCUT2D eigenvalue weighted by Gasteiger charge is -2.14. The number of benzene rings is 2. The van der Waals surface area contributed by atoms with E-state index in [0.29, 0.717) is 6.61 Å². The highest BCUT2D eigenvalue weighted by Gasteiger charge is 2.04. The first-order chi connectivity index (χ1) is 10.8. The molecule has 0 saturated heterocycles. The van der Waals surface area contributed by atoms with Crippen molar-refractivity contribution in [3.05, 3.63) is 60.2 Å². The monoisotopic (exact) mass is 300 g/mol. The summed E-state index contributed by atoms with van der Waals surface area (Å²) in [4.78, 5) is 1.50. The molecule has 0 spiro atoms. The molecule has 0 aliphatic carbocycles. The first kappa shape index (κ1) is 16.4. The van der Waals surface area contributed by atoms with Crippen molar-refractivity contribution in [1.29, 1.82) is 0 Å². The maximum atomic E-state index is 5.80. The summed E-state index contributed by atoms with van der Waals surface area (Å²) in [5.74, 6) is 1.75. The van der Waals surface area contributed by atoms with Gasteiger partial charge in [0.05, 0.1) is 26.8 Å². The van der Waals surface area contributed by atoms with E-state index in [1.165, 1.54) is 10.5 Å². The zero-order valence-electron chi connectivity index (χ0n) is 13.5. The highest BCUT2D eigenvalue weighted by Crippen LogP contribution is 2.19. The van der Waals surface area contributed by atoms with E-state index in [-0.39, 0.29) is 0 Å². The third-order valence-electron chi connectivity index (χ3n) is 3.48. The van der Waals surface area contributed by atoms with Gasteiger partial charge in [0.1, 0.15) is 18.0 Å². The molecule has 3 nitrogen and oxygen atoms in total. The molecule has 22 heavy (non-hydrogen) atoms. The van der Waals surface area contributed by atoms with E-state index < -0.39 is 0 Å². The Balaban J connectivity index is 1.67. The number of nitrogens with one attached hydrogen (secondary N) is 1. The molecule has 1 atom stereocenters. The van der Waals surface area contributed by atoms with Crippen LogP contribution in [0.15, 0.2) is 54.6 Å². The van der Waals surface area contributed by atoms with Crippen LogP contribution in [0.25, 0.3) is 0 Å². The third kappa shape index (κ3) is 5.78. The second kappa shape index (κ2) is 9.11. The Morgan fingerprint density at radius 2 is 1.64 bits per heavy atom. The van der Waals surface area contributed by atoms with Crippen molar-refractivity contribution in [2.75, 3.05) is 26.8 Å². The Labute approximate surface area is 133 Å². The van der Waals surface area contributed by atoms with E-state index in [2.05, 4.69) is 37.4 Å². The van der Waals surface area contributed by atoms with Crippen LogP contribution in [0, 0.1) is 0 Å². The van der Waals surface area contributed by atoms with E-state index >= 15 is 0 Å².